The van der Waals surface area contributed by atoms with E-state index in [1.54, 1.807) is 0 Å². The lowest BCUT2D eigenvalue weighted by atomic mass is 9.94. The van der Waals surface area contributed by atoms with E-state index in [1.807, 2.05) is 44.3 Å². The van der Waals surface area contributed by atoms with Gasteiger partial charge in [0.05, 0.1) is 17.8 Å². The van der Waals surface area contributed by atoms with Crippen molar-refractivity contribution in [2.24, 2.45) is 0 Å². The zero-order valence-electron chi connectivity index (χ0n) is 23.0. The molecule has 2 aliphatic rings. The SMILES string of the molecule is Cc1ccc(C)c(NC(=O)CCN2C(=S)N[C@H](c3ccccn3)[C@H]2c2cc(C)n(C3CCCCC3)c2C)c1. The van der Waals surface area contributed by atoms with Crippen molar-refractivity contribution in [2.45, 2.75) is 84.3 Å². The van der Waals surface area contributed by atoms with Crippen molar-refractivity contribution in [3.8, 4) is 0 Å². The summed E-state index contributed by atoms with van der Waals surface area (Å²) in [6, 6.07) is 14.9. The fraction of sp³-hybridized carbons (Fsp3) is 0.452. The van der Waals surface area contributed by atoms with Gasteiger partial charge in [-0.3, -0.25) is 9.78 Å². The molecule has 1 aliphatic carbocycles. The number of amides is 1. The zero-order valence-corrected chi connectivity index (χ0v) is 23.8. The second-order valence-corrected chi connectivity index (χ2v) is 11.3. The molecule has 2 aromatic heterocycles. The minimum absolute atomic E-state index is 0.00536. The van der Waals surface area contributed by atoms with Crippen LogP contribution in [0.2, 0.25) is 0 Å². The Morgan fingerprint density at radius 3 is 2.61 bits per heavy atom. The number of carbonyl (C=O) groups is 1. The lowest BCUT2D eigenvalue weighted by Crippen LogP contribution is -2.33. The van der Waals surface area contributed by atoms with Crippen LogP contribution in [0.4, 0.5) is 5.69 Å². The Morgan fingerprint density at radius 1 is 1.08 bits per heavy atom. The van der Waals surface area contributed by atoms with Gasteiger partial charge in [-0.25, -0.2) is 0 Å². The minimum atomic E-state index is -0.0777. The molecule has 38 heavy (non-hydrogen) atoms. The second-order valence-electron chi connectivity index (χ2n) is 10.9. The highest BCUT2D eigenvalue weighted by atomic mass is 32.1. The second kappa shape index (κ2) is 11.3. The zero-order chi connectivity index (χ0) is 26.8. The fourth-order valence-corrected chi connectivity index (χ4v) is 6.63. The van der Waals surface area contributed by atoms with Crippen LogP contribution in [0.15, 0.2) is 48.7 Å². The van der Waals surface area contributed by atoms with Crippen molar-refractivity contribution >= 4 is 28.9 Å². The molecule has 3 aromatic rings. The first-order chi connectivity index (χ1) is 18.3. The highest BCUT2D eigenvalue weighted by Crippen LogP contribution is 2.42. The van der Waals surface area contributed by atoms with Crippen LogP contribution in [-0.4, -0.2) is 32.0 Å². The topological polar surface area (TPSA) is 62.2 Å². The summed E-state index contributed by atoms with van der Waals surface area (Å²) in [6.45, 7) is 9.06. The number of thiocarbonyl (C=S) groups is 1. The van der Waals surface area contributed by atoms with E-state index in [1.165, 1.54) is 49.1 Å². The van der Waals surface area contributed by atoms with Crippen LogP contribution >= 0.6 is 12.2 Å². The van der Waals surface area contributed by atoms with Crippen LogP contribution in [0, 0.1) is 27.7 Å². The van der Waals surface area contributed by atoms with Crippen molar-refractivity contribution in [1.82, 2.24) is 19.8 Å². The molecule has 0 spiro atoms. The van der Waals surface area contributed by atoms with Crippen LogP contribution in [0.1, 0.15) is 90.4 Å². The van der Waals surface area contributed by atoms with Crippen molar-refractivity contribution in [3.05, 3.63) is 82.4 Å². The Kier molecular flexibility index (Phi) is 7.84. The van der Waals surface area contributed by atoms with E-state index >= 15 is 0 Å². The highest BCUT2D eigenvalue weighted by Gasteiger charge is 2.41. The third kappa shape index (κ3) is 5.35. The van der Waals surface area contributed by atoms with Crippen LogP contribution < -0.4 is 10.6 Å². The van der Waals surface area contributed by atoms with Crippen LogP contribution in [0.3, 0.4) is 0 Å². The molecule has 200 valence electrons. The summed E-state index contributed by atoms with van der Waals surface area (Å²) in [6.07, 6.45) is 8.59. The van der Waals surface area contributed by atoms with E-state index in [0.717, 1.165) is 22.5 Å². The Bertz CT molecular complexity index is 1310. The van der Waals surface area contributed by atoms with E-state index in [2.05, 4.69) is 57.1 Å². The van der Waals surface area contributed by atoms with Crippen molar-refractivity contribution in [3.63, 3.8) is 0 Å². The van der Waals surface area contributed by atoms with Gasteiger partial charge >= 0.3 is 0 Å². The molecule has 6 nitrogen and oxygen atoms in total. The number of nitrogens with one attached hydrogen (secondary N) is 2. The van der Waals surface area contributed by atoms with Gasteiger partial charge in [-0.05, 0) is 93.7 Å². The molecule has 0 unspecified atom stereocenters. The van der Waals surface area contributed by atoms with Crippen molar-refractivity contribution < 1.29 is 4.79 Å². The van der Waals surface area contributed by atoms with Gasteiger partial charge in [0, 0.05) is 42.3 Å². The number of benzene rings is 1. The molecule has 1 saturated heterocycles. The van der Waals surface area contributed by atoms with Crippen molar-refractivity contribution in [2.75, 3.05) is 11.9 Å². The van der Waals surface area contributed by atoms with Gasteiger partial charge in [-0.1, -0.05) is 37.5 Å². The lowest BCUT2D eigenvalue weighted by Gasteiger charge is -2.29. The van der Waals surface area contributed by atoms with Gasteiger partial charge in [-0.15, -0.1) is 0 Å². The molecule has 0 bridgehead atoms. The molecule has 1 amide bonds. The smallest absolute Gasteiger partial charge is 0.226 e. The molecular formula is C31H39N5OS. The summed E-state index contributed by atoms with van der Waals surface area (Å²) in [4.78, 5) is 19.9. The average molecular weight is 530 g/mol. The van der Waals surface area contributed by atoms with E-state index in [4.69, 9.17) is 12.2 Å². The predicted octanol–water partition coefficient (Wildman–Crippen LogP) is 6.62. The van der Waals surface area contributed by atoms with E-state index in [9.17, 15) is 4.79 Å². The number of hydrogen-bond acceptors (Lipinski definition) is 3. The maximum Gasteiger partial charge on any atom is 0.226 e. The molecule has 2 atom stereocenters. The number of rotatable bonds is 7. The van der Waals surface area contributed by atoms with Crippen LogP contribution in [0.25, 0.3) is 0 Å². The normalized spacial score (nSPS) is 20.0. The summed E-state index contributed by atoms with van der Waals surface area (Å²) in [7, 11) is 0. The number of aryl methyl sites for hydroxylation is 3. The molecule has 1 aromatic carbocycles. The molecule has 1 aliphatic heterocycles. The Balaban J connectivity index is 1.43. The Hall–Kier alpha value is -3.19. The first-order valence-corrected chi connectivity index (χ1v) is 14.3. The van der Waals surface area contributed by atoms with Gasteiger partial charge in [0.25, 0.3) is 0 Å². The van der Waals surface area contributed by atoms with Crippen LogP contribution in [-0.2, 0) is 4.79 Å². The van der Waals surface area contributed by atoms with Crippen LogP contribution in [0.5, 0.6) is 0 Å². The van der Waals surface area contributed by atoms with Gasteiger partial charge in [-0.2, -0.15) is 0 Å². The van der Waals surface area contributed by atoms with Gasteiger partial charge in [0.15, 0.2) is 5.11 Å². The van der Waals surface area contributed by atoms with Gasteiger partial charge < -0.3 is 20.1 Å². The largest absolute Gasteiger partial charge is 0.352 e. The van der Waals surface area contributed by atoms with Gasteiger partial charge in [0.2, 0.25) is 5.91 Å². The third-order valence-electron chi connectivity index (χ3n) is 8.23. The summed E-state index contributed by atoms with van der Waals surface area (Å²) < 4.78 is 2.55. The number of pyridine rings is 1. The Morgan fingerprint density at radius 2 is 1.87 bits per heavy atom. The maximum atomic E-state index is 13.0. The lowest BCUT2D eigenvalue weighted by molar-refractivity contribution is -0.116. The van der Waals surface area contributed by atoms with Crippen molar-refractivity contribution in [1.29, 1.82) is 0 Å². The number of hydrogen-bond donors (Lipinski definition) is 2. The summed E-state index contributed by atoms with van der Waals surface area (Å²) >= 11 is 5.87. The quantitative estimate of drug-likeness (QED) is 0.337. The summed E-state index contributed by atoms with van der Waals surface area (Å²) in [5.74, 6) is -0.00536. The first-order valence-electron chi connectivity index (χ1n) is 13.9. The average Bonchev–Trinajstić information content (AvgIpc) is 3.40. The van der Waals surface area contributed by atoms with Gasteiger partial charge in [0.1, 0.15) is 0 Å². The molecule has 1 saturated carbocycles. The van der Waals surface area contributed by atoms with E-state index < -0.39 is 0 Å². The summed E-state index contributed by atoms with van der Waals surface area (Å²) in [5, 5.41) is 7.33. The molecule has 2 fully saturated rings. The molecule has 2 N–H and O–H groups in total. The minimum Gasteiger partial charge on any atom is -0.352 e. The number of carbonyl (C=O) groups excluding carboxylic acids is 1. The fourth-order valence-electron chi connectivity index (χ4n) is 6.29. The molecule has 0 radical (unpaired) electrons. The molecule has 3 heterocycles. The third-order valence-corrected chi connectivity index (χ3v) is 8.58. The molecule has 7 heteroatoms. The van der Waals surface area contributed by atoms with E-state index in [0.29, 0.717) is 24.1 Å². The number of anilines is 1. The number of aromatic nitrogens is 2. The standard InChI is InChI=1S/C31H39N5OS/c1-20-13-14-21(2)27(18-20)33-28(37)15-17-35-30(29(34-31(35)38)26-12-8-9-16-32-26)25-19-22(3)36(23(25)4)24-10-6-5-7-11-24/h8-9,12-14,16,18-19,24,29-30H,5-7,10-11,15,17H2,1-4H3,(H,33,37)(H,34,38)/t29-,30-/m1/s1. The molecular weight excluding hydrogens is 490 g/mol. The number of nitrogens with zero attached hydrogens (tertiary/aromatic N) is 3. The monoisotopic (exact) mass is 529 g/mol. The first kappa shape index (κ1) is 26.4. The summed E-state index contributed by atoms with van der Waals surface area (Å²) in [5.41, 5.74) is 7.89. The Labute approximate surface area is 231 Å². The predicted molar refractivity (Wildman–Crippen MR) is 157 cm³/mol. The maximum absolute atomic E-state index is 13.0. The van der Waals surface area contributed by atoms with E-state index in [-0.39, 0.29) is 18.0 Å². The molecule has 5 rings (SSSR count). The highest BCUT2D eigenvalue weighted by molar-refractivity contribution is 7.80.